The number of carbonyl (C=O) groups excluding carboxylic acids is 1. The molecular formula is C22H15FO2S. The Bertz CT molecular complexity index is 981. The van der Waals surface area contributed by atoms with E-state index in [4.69, 9.17) is 0 Å². The molecule has 0 spiro atoms. The molecule has 0 aliphatic carbocycles. The molecule has 0 amide bonds. The maximum atomic E-state index is 13.3. The lowest BCUT2D eigenvalue weighted by Gasteiger charge is -2.28. The molecule has 0 saturated heterocycles. The zero-order valence-electron chi connectivity index (χ0n) is 13.8. The summed E-state index contributed by atoms with van der Waals surface area (Å²) in [6.07, 6.45) is 1.81. The lowest BCUT2D eigenvalue weighted by Crippen LogP contribution is -2.24. The highest BCUT2D eigenvalue weighted by molar-refractivity contribution is 7.92. The minimum atomic E-state index is -1.40. The lowest BCUT2D eigenvalue weighted by molar-refractivity contribution is 0.103. The molecule has 3 aromatic carbocycles. The first-order chi connectivity index (χ1) is 12.6. The highest BCUT2D eigenvalue weighted by atomic mass is 32.2. The smallest absolute Gasteiger partial charge is 0.194 e. The largest absolute Gasteiger partial charge is 0.611 e. The van der Waals surface area contributed by atoms with Crippen molar-refractivity contribution in [1.82, 2.24) is 0 Å². The van der Waals surface area contributed by atoms with Gasteiger partial charge in [0.1, 0.15) is 5.82 Å². The number of hydrogen-bond acceptors (Lipinski definition) is 2. The Morgan fingerprint density at radius 1 is 0.885 bits per heavy atom. The third kappa shape index (κ3) is 2.98. The van der Waals surface area contributed by atoms with Crippen molar-refractivity contribution in [3.05, 3.63) is 107 Å². The second kappa shape index (κ2) is 6.90. The van der Waals surface area contributed by atoms with E-state index in [9.17, 15) is 13.7 Å². The standard InChI is InChI=1S/C22H15FO2S/c23-18-12-10-15(11-13-18)21(24)19-14-17-8-4-5-9-20(17)26(25)22(19)16-6-2-1-3-7-16/h1-14,22H. The molecule has 26 heavy (non-hydrogen) atoms. The van der Waals surface area contributed by atoms with E-state index in [1.54, 1.807) is 6.08 Å². The van der Waals surface area contributed by atoms with E-state index < -0.39 is 22.2 Å². The third-order valence-corrected chi connectivity index (χ3v) is 6.17. The monoisotopic (exact) mass is 362 g/mol. The number of ketones is 1. The molecule has 3 aromatic rings. The Morgan fingerprint density at radius 2 is 1.54 bits per heavy atom. The molecule has 0 saturated carbocycles. The van der Waals surface area contributed by atoms with E-state index in [1.807, 2.05) is 54.6 Å². The number of halogens is 1. The van der Waals surface area contributed by atoms with Gasteiger partial charge in [0.2, 0.25) is 0 Å². The van der Waals surface area contributed by atoms with Gasteiger partial charge in [-0.3, -0.25) is 4.79 Å². The van der Waals surface area contributed by atoms with E-state index in [-0.39, 0.29) is 5.78 Å². The van der Waals surface area contributed by atoms with Gasteiger partial charge in [-0.1, -0.05) is 42.5 Å². The van der Waals surface area contributed by atoms with Gasteiger partial charge in [-0.2, -0.15) is 0 Å². The van der Waals surface area contributed by atoms with Crippen molar-refractivity contribution < 1.29 is 13.7 Å². The highest BCUT2D eigenvalue weighted by Crippen LogP contribution is 2.42. The van der Waals surface area contributed by atoms with Gasteiger partial charge in [0.15, 0.2) is 15.9 Å². The normalized spacial score (nSPS) is 18.8. The second-order valence-electron chi connectivity index (χ2n) is 6.06. The van der Waals surface area contributed by atoms with Crippen LogP contribution in [-0.4, -0.2) is 10.3 Å². The number of carbonyl (C=O) groups is 1. The Labute approximate surface area is 154 Å². The predicted molar refractivity (Wildman–Crippen MR) is 101 cm³/mol. The van der Waals surface area contributed by atoms with E-state index in [0.717, 1.165) is 16.0 Å². The summed E-state index contributed by atoms with van der Waals surface area (Å²) in [6, 6.07) is 22.2. The SMILES string of the molecule is O=C(C1=Cc2ccccc2[S+]([O-])C1c1ccccc1)c1ccc(F)cc1. The Kier molecular flexibility index (Phi) is 4.45. The zero-order valence-corrected chi connectivity index (χ0v) is 14.6. The summed E-state index contributed by atoms with van der Waals surface area (Å²) in [5.41, 5.74) is 2.44. The Morgan fingerprint density at radius 3 is 2.27 bits per heavy atom. The van der Waals surface area contributed by atoms with Gasteiger partial charge in [0.05, 0.1) is 5.57 Å². The van der Waals surface area contributed by atoms with Gasteiger partial charge in [0.25, 0.3) is 0 Å². The fraction of sp³-hybridized carbons (Fsp3) is 0.0455. The molecule has 2 nitrogen and oxygen atoms in total. The van der Waals surface area contributed by atoms with Crippen LogP contribution < -0.4 is 0 Å². The number of fused-ring (bicyclic) bond motifs is 1. The van der Waals surface area contributed by atoms with Crippen LogP contribution in [0, 0.1) is 5.82 Å². The molecule has 1 aliphatic rings. The van der Waals surface area contributed by atoms with Crippen LogP contribution in [0.4, 0.5) is 4.39 Å². The Hall–Kier alpha value is -2.69. The highest BCUT2D eigenvalue weighted by Gasteiger charge is 2.38. The van der Waals surface area contributed by atoms with Crippen LogP contribution in [0.15, 0.2) is 89.3 Å². The summed E-state index contributed by atoms with van der Waals surface area (Å²) in [6.45, 7) is 0. The van der Waals surface area contributed by atoms with Crippen molar-refractivity contribution in [2.75, 3.05) is 0 Å². The average Bonchev–Trinajstić information content (AvgIpc) is 2.68. The molecule has 0 bridgehead atoms. The van der Waals surface area contributed by atoms with E-state index in [1.165, 1.54) is 24.3 Å². The molecular weight excluding hydrogens is 347 g/mol. The molecule has 4 heteroatoms. The summed E-state index contributed by atoms with van der Waals surface area (Å²) in [7, 11) is 0. The number of Topliss-reactive ketones (excluding diaryl/α,β-unsaturated/α-hetero) is 1. The quantitative estimate of drug-likeness (QED) is 0.488. The van der Waals surface area contributed by atoms with Crippen LogP contribution in [0.3, 0.4) is 0 Å². The lowest BCUT2D eigenvalue weighted by atomic mass is 9.94. The minimum absolute atomic E-state index is 0.235. The Balaban J connectivity index is 1.86. The van der Waals surface area contributed by atoms with E-state index >= 15 is 0 Å². The molecule has 1 aliphatic heterocycles. The maximum absolute atomic E-state index is 13.3. The number of benzene rings is 3. The molecule has 128 valence electrons. The summed E-state index contributed by atoms with van der Waals surface area (Å²) in [5.74, 6) is -0.630. The molecule has 0 fully saturated rings. The fourth-order valence-electron chi connectivity index (χ4n) is 3.15. The van der Waals surface area contributed by atoms with Crippen molar-refractivity contribution in [1.29, 1.82) is 0 Å². The van der Waals surface area contributed by atoms with E-state index in [2.05, 4.69) is 0 Å². The molecule has 2 atom stereocenters. The number of hydrogen-bond donors (Lipinski definition) is 0. The van der Waals surface area contributed by atoms with Crippen LogP contribution in [0.25, 0.3) is 6.08 Å². The second-order valence-corrected chi connectivity index (χ2v) is 7.57. The number of rotatable bonds is 3. The maximum Gasteiger partial charge on any atom is 0.194 e. The summed E-state index contributed by atoms with van der Waals surface area (Å²) in [4.78, 5) is 13.8. The van der Waals surface area contributed by atoms with Crippen molar-refractivity contribution in [3.8, 4) is 0 Å². The molecule has 0 N–H and O–H groups in total. The average molecular weight is 362 g/mol. The van der Waals surface area contributed by atoms with Crippen molar-refractivity contribution in [3.63, 3.8) is 0 Å². The molecule has 2 unspecified atom stereocenters. The fourth-order valence-corrected chi connectivity index (χ4v) is 4.79. The molecule has 0 aromatic heterocycles. The first kappa shape index (κ1) is 16.8. The van der Waals surface area contributed by atoms with Gasteiger partial charge in [0, 0.05) is 16.7 Å². The molecule has 1 heterocycles. The molecule has 4 rings (SSSR count). The summed E-state index contributed by atoms with van der Waals surface area (Å²) in [5, 5.41) is -0.552. The van der Waals surface area contributed by atoms with Crippen LogP contribution in [0.1, 0.15) is 26.7 Å². The third-order valence-electron chi connectivity index (χ3n) is 4.41. The van der Waals surface area contributed by atoms with Crippen LogP contribution in [0.2, 0.25) is 0 Å². The van der Waals surface area contributed by atoms with Gasteiger partial charge >= 0.3 is 0 Å². The molecule has 0 radical (unpaired) electrons. The van der Waals surface area contributed by atoms with Crippen molar-refractivity contribution in [2.45, 2.75) is 10.1 Å². The summed E-state index contributed by atoms with van der Waals surface area (Å²) < 4.78 is 26.5. The van der Waals surface area contributed by atoms with Gasteiger partial charge < -0.3 is 4.55 Å². The first-order valence-corrected chi connectivity index (χ1v) is 9.43. The van der Waals surface area contributed by atoms with Crippen molar-refractivity contribution in [2.24, 2.45) is 0 Å². The first-order valence-electron chi connectivity index (χ1n) is 8.21. The van der Waals surface area contributed by atoms with Crippen LogP contribution in [-0.2, 0) is 11.2 Å². The van der Waals surface area contributed by atoms with Crippen LogP contribution >= 0.6 is 0 Å². The topological polar surface area (TPSA) is 40.1 Å². The predicted octanol–water partition coefficient (Wildman–Crippen LogP) is 4.95. The van der Waals surface area contributed by atoms with Gasteiger partial charge in [-0.15, -0.1) is 0 Å². The van der Waals surface area contributed by atoms with Gasteiger partial charge in [-0.25, -0.2) is 4.39 Å². The summed E-state index contributed by atoms with van der Waals surface area (Å²) >= 11 is -1.40. The van der Waals surface area contributed by atoms with Gasteiger partial charge in [-0.05, 0) is 53.7 Å². The van der Waals surface area contributed by atoms with Crippen LogP contribution in [0.5, 0.6) is 0 Å². The minimum Gasteiger partial charge on any atom is -0.611 e. The van der Waals surface area contributed by atoms with E-state index in [0.29, 0.717) is 11.1 Å². The zero-order chi connectivity index (χ0) is 18.1. The van der Waals surface area contributed by atoms with Crippen molar-refractivity contribution >= 4 is 23.0 Å².